The maximum Gasteiger partial charge on any atom is 0.259 e. The first kappa shape index (κ1) is 25.6. The molecule has 0 radical (unpaired) electrons. The van der Waals surface area contributed by atoms with E-state index in [0.717, 1.165) is 47.7 Å². The van der Waals surface area contributed by atoms with E-state index in [2.05, 4.69) is 43.7 Å². The Morgan fingerprint density at radius 3 is 2.76 bits per heavy atom. The summed E-state index contributed by atoms with van der Waals surface area (Å²) in [6, 6.07) is 13.4. The van der Waals surface area contributed by atoms with Gasteiger partial charge in [0.05, 0.1) is 22.6 Å². The van der Waals surface area contributed by atoms with E-state index < -0.39 is 11.7 Å². The van der Waals surface area contributed by atoms with E-state index in [1.165, 1.54) is 17.4 Å². The minimum atomic E-state index is -0.583. The van der Waals surface area contributed by atoms with Gasteiger partial charge >= 0.3 is 0 Å². The molecule has 1 N–H and O–H groups in total. The molecule has 0 bridgehead atoms. The highest BCUT2D eigenvalue weighted by molar-refractivity contribution is 7.13. The molecule has 0 atom stereocenters. The molecule has 1 aliphatic carbocycles. The van der Waals surface area contributed by atoms with Crippen molar-refractivity contribution in [3.8, 4) is 16.5 Å². The van der Waals surface area contributed by atoms with Gasteiger partial charge in [-0.05, 0) is 38.3 Å². The fourth-order valence-corrected chi connectivity index (χ4v) is 6.02. The highest BCUT2D eigenvalue weighted by Gasteiger charge is 2.30. The minimum absolute atomic E-state index is 0.0437. The van der Waals surface area contributed by atoms with E-state index in [9.17, 15) is 4.79 Å². The summed E-state index contributed by atoms with van der Waals surface area (Å²) in [6.07, 6.45) is 6.73. The van der Waals surface area contributed by atoms with Crippen LogP contribution in [0.2, 0.25) is 0 Å². The molecule has 0 spiro atoms. The second kappa shape index (κ2) is 10.2. The normalized spacial score (nSPS) is 14.6. The fraction of sp³-hybridized carbons (Fsp3) is 0.300. The Balaban J connectivity index is 1.23. The van der Waals surface area contributed by atoms with Crippen LogP contribution in [0, 0.1) is 5.82 Å². The van der Waals surface area contributed by atoms with Crippen LogP contribution in [0.4, 0.5) is 15.9 Å². The molecular formula is C30H29FN8OS. The number of rotatable bonds is 7. The second-order valence-corrected chi connectivity index (χ2v) is 11.7. The number of carbonyl (C=O) groups is 1. The van der Waals surface area contributed by atoms with Crippen molar-refractivity contribution in [1.82, 2.24) is 29.3 Å². The summed E-state index contributed by atoms with van der Waals surface area (Å²) in [7, 11) is 0. The zero-order chi connectivity index (χ0) is 28.1. The van der Waals surface area contributed by atoms with Crippen molar-refractivity contribution in [2.24, 2.45) is 0 Å². The van der Waals surface area contributed by atoms with Crippen LogP contribution in [-0.4, -0.2) is 41.8 Å². The highest BCUT2D eigenvalue weighted by atomic mass is 32.1. The second-order valence-electron chi connectivity index (χ2n) is 10.9. The van der Waals surface area contributed by atoms with Gasteiger partial charge in [-0.15, -0.1) is 21.5 Å². The number of hydrogen-bond donors (Lipinski definition) is 1. The SMILES string of the molecule is CC(C)n1cnnc1-c1nc(NC(=O)c2cc3c(cc2F)N(Cc2ccccc2)CCc2nc(C4CC4)cn2-3)cs1. The zero-order valence-electron chi connectivity index (χ0n) is 22.8. The summed E-state index contributed by atoms with van der Waals surface area (Å²) in [5.74, 6) is 1.24. The molecule has 3 aromatic heterocycles. The van der Waals surface area contributed by atoms with Gasteiger partial charge in [-0.25, -0.2) is 14.4 Å². The average molecular weight is 569 g/mol. The van der Waals surface area contributed by atoms with Gasteiger partial charge in [-0.1, -0.05) is 30.3 Å². The molecule has 4 heterocycles. The maximum absolute atomic E-state index is 15.7. The molecule has 1 fully saturated rings. The summed E-state index contributed by atoms with van der Waals surface area (Å²) < 4.78 is 19.7. The molecule has 41 heavy (non-hydrogen) atoms. The van der Waals surface area contributed by atoms with Crippen molar-refractivity contribution >= 4 is 28.7 Å². The zero-order valence-corrected chi connectivity index (χ0v) is 23.6. The van der Waals surface area contributed by atoms with E-state index in [0.29, 0.717) is 35.7 Å². The minimum Gasteiger partial charge on any atom is -0.365 e. The first-order valence-electron chi connectivity index (χ1n) is 13.8. The van der Waals surface area contributed by atoms with Crippen molar-refractivity contribution in [2.45, 2.75) is 51.6 Å². The summed E-state index contributed by atoms with van der Waals surface area (Å²) in [6.45, 7) is 5.38. The average Bonchev–Trinajstić information content (AvgIpc) is 3.35. The van der Waals surface area contributed by atoms with E-state index >= 15 is 4.39 Å². The van der Waals surface area contributed by atoms with Crippen LogP contribution in [0.5, 0.6) is 0 Å². The molecule has 9 nitrogen and oxygen atoms in total. The van der Waals surface area contributed by atoms with E-state index in [-0.39, 0.29) is 11.6 Å². The Bertz CT molecular complexity index is 1740. The van der Waals surface area contributed by atoms with Gasteiger partial charge in [0.1, 0.15) is 23.8 Å². The summed E-state index contributed by atoms with van der Waals surface area (Å²) >= 11 is 1.35. The largest absolute Gasteiger partial charge is 0.365 e. The number of nitrogens with zero attached hydrogens (tertiary/aromatic N) is 7. The molecule has 11 heteroatoms. The van der Waals surface area contributed by atoms with Crippen molar-refractivity contribution in [3.05, 3.63) is 88.8 Å². The molecule has 0 unspecified atom stereocenters. The van der Waals surface area contributed by atoms with E-state index in [4.69, 9.17) is 4.98 Å². The molecule has 1 saturated carbocycles. The maximum atomic E-state index is 15.7. The van der Waals surface area contributed by atoms with Crippen LogP contribution < -0.4 is 10.2 Å². The lowest BCUT2D eigenvalue weighted by Crippen LogP contribution is -2.25. The van der Waals surface area contributed by atoms with Crippen LogP contribution in [0.25, 0.3) is 16.5 Å². The smallest absolute Gasteiger partial charge is 0.259 e. The highest BCUT2D eigenvalue weighted by Crippen LogP contribution is 2.41. The van der Waals surface area contributed by atoms with Gasteiger partial charge < -0.3 is 19.4 Å². The quantitative estimate of drug-likeness (QED) is 0.259. The van der Waals surface area contributed by atoms with Crippen molar-refractivity contribution < 1.29 is 9.18 Å². The Morgan fingerprint density at radius 1 is 1.15 bits per heavy atom. The van der Waals surface area contributed by atoms with Crippen LogP contribution in [0.1, 0.15) is 66.1 Å². The van der Waals surface area contributed by atoms with Crippen LogP contribution in [0.15, 0.2) is 60.4 Å². The third kappa shape index (κ3) is 4.90. The number of hydrogen-bond acceptors (Lipinski definition) is 7. The lowest BCUT2D eigenvalue weighted by molar-refractivity contribution is 0.102. The first-order chi connectivity index (χ1) is 19.9. The number of anilines is 2. The number of aromatic nitrogens is 6. The van der Waals surface area contributed by atoms with Crippen molar-refractivity contribution in [2.75, 3.05) is 16.8 Å². The number of fused-ring (bicyclic) bond motifs is 3. The molecule has 0 saturated heterocycles. The molecule has 1 aliphatic heterocycles. The van der Waals surface area contributed by atoms with E-state index in [1.54, 1.807) is 17.8 Å². The number of imidazole rings is 1. The Kier molecular flexibility index (Phi) is 6.38. The van der Waals surface area contributed by atoms with Crippen LogP contribution >= 0.6 is 11.3 Å². The number of carbonyl (C=O) groups excluding carboxylic acids is 1. The van der Waals surface area contributed by atoms with Gasteiger partial charge in [0.2, 0.25) is 0 Å². The fourth-order valence-electron chi connectivity index (χ4n) is 5.29. The molecule has 2 aromatic carbocycles. The van der Waals surface area contributed by atoms with E-state index in [1.807, 2.05) is 41.2 Å². The summed E-state index contributed by atoms with van der Waals surface area (Å²) in [5, 5.41) is 13.3. The van der Waals surface area contributed by atoms with Gasteiger partial charge in [-0.2, -0.15) is 0 Å². The molecule has 5 aromatic rings. The Labute approximate surface area is 240 Å². The number of halogens is 1. The number of nitrogens with one attached hydrogen (secondary N) is 1. The van der Waals surface area contributed by atoms with Crippen molar-refractivity contribution in [3.63, 3.8) is 0 Å². The van der Waals surface area contributed by atoms with Gasteiger partial charge in [0, 0.05) is 49.1 Å². The molecule has 2 aliphatic rings. The van der Waals surface area contributed by atoms with Gasteiger partial charge in [-0.3, -0.25) is 4.79 Å². The predicted molar refractivity (Wildman–Crippen MR) is 156 cm³/mol. The molecule has 7 rings (SSSR count). The van der Waals surface area contributed by atoms with Crippen LogP contribution in [-0.2, 0) is 13.0 Å². The first-order valence-corrected chi connectivity index (χ1v) is 14.7. The summed E-state index contributed by atoms with van der Waals surface area (Å²) in [5.41, 5.74) is 3.65. The monoisotopic (exact) mass is 568 g/mol. The molecule has 208 valence electrons. The predicted octanol–water partition coefficient (Wildman–Crippen LogP) is 6.00. The standard InChI is InChI=1S/C30H29FN8OS/c1-18(2)39-17-32-36-28(39)30-35-26(16-41-30)34-29(40)21-12-25-24(13-22(21)31)37(14-19-6-4-3-5-7-19)11-10-27-33-23(15-38(25)27)20-8-9-20/h3-7,12-13,15-18,20H,8-11,14H2,1-2H3,(H,34,40). The van der Waals surface area contributed by atoms with Gasteiger partial charge in [0.25, 0.3) is 5.91 Å². The topological polar surface area (TPSA) is 93.8 Å². The third-order valence-electron chi connectivity index (χ3n) is 7.59. The van der Waals surface area contributed by atoms with Gasteiger partial charge in [0.15, 0.2) is 10.8 Å². The lowest BCUT2D eigenvalue weighted by Gasteiger charge is -2.25. The third-order valence-corrected chi connectivity index (χ3v) is 8.43. The number of benzene rings is 2. The molecule has 1 amide bonds. The Hall–Kier alpha value is -4.38. The van der Waals surface area contributed by atoms with Crippen molar-refractivity contribution in [1.29, 1.82) is 0 Å². The Morgan fingerprint density at radius 2 is 1.98 bits per heavy atom. The molecular weight excluding hydrogens is 539 g/mol. The number of amides is 1. The van der Waals surface area contributed by atoms with Crippen LogP contribution in [0.3, 0.4) is 0 Å². The number of thiazole rings is 1. The lowest BCUT2D eigenvalue weighted by atomic mass is 10.1. The summed E-state index contributed by atoms with van der Waals surface area (Å²) in [4.78, 5) is 25.1.